The Morgan fingerprint density at radius 2 is 2.27 bits per heavy atom. The topological polar surface area (TPSA) is 67.2 Å². The first-order chi connectivity index (χ1) is 5.29. The maximum Gasteiger partial charge on any atom is 0.313 e. The lowest BCUT2D eigenvalue weighted by molar-refractivity contribution is 0.242. The molecule has 1 unspecified atom stereocenters. The summed E-state index contributed by atoms with van der Waals surface area (Å²) in [6.07, 6.45) is 4.68. The molecule has 1 fully saturated rings. The van der Waals surface area contributed by atoms with Crippen molar-refractivity contribution in [2.75, 3.05) is 6.54 Å². The predicted molar refractivity (Wildman–Crippen MR) is 43.0 cm³/mol. The molecule has 2 amide bonds. The molecule has 1 aliphatic rings. The minimum atomic E-state index is -0.440. The zero-order valence-electron chi connectivity index (χ0n) is 6.60. The van der Waals surface area contributed by atoms with Gasteiger partial charge in [-0.05, 0) is 19.4 Å². The van der Waals surface area contributed by atoms with Crippen molar-refractivity contribution in [3.63, 3.8) is 0 Å². The first-order valence-electron chi connectivity index (χ1n) is 4.08. The predicted octanol–water partition coefficient (Wildman–Crippen LogP) is 0.144. The van der Waals surface area contributed by atoms with Crippen molar-refractivity contribution in [3.05, 3.63) is 0 Å². The van der Waals surface area contributed by atoms with Crippen molar-refractivity contribution in [2.45, 2.75) is 31.8 Å². The highest BCUT2D eigenvalue weighted by molar-refractivity contribution is 5.71. The molecule has 11 heavy (non-hydrogen) atoms. The second-order valence-corrected chi connectivity index (χ2v) is 2.86. The highest BCUT2D eigenvalue weighted by Crippen LogP contribution is 2.05. The molecule has 0 spiro atoms. The van der Waals surface area contributed by atoms with E-state index >= 15 is 0 Å². The Labute approximate surface area is 66.5 Å². The molecule has 4 N–H and O–H groups in total. The van der Waals surface area contributed by atoms with Crippen LogP contribution in [-0.4, -0.2) is 18.7 Å². The number of nitrogens with one attached hydrogen (secondary N) is 2. The molecule has 0 bridgehead atoms. The fourth-order valence-corrected chi connectivity index (χ4v) is 1.32. The van der Waals surface area contributed by atoms with Gasteiger partial charge in [0.05, 0.1) is 6.17 Å². The number of urea groups is 1. The minimum absolute atomic E-state index is 0.0926. The van der Waals surface area contributed by atoms with Gasteiger partial charge in [0.15, 0.2) is 0 Å². The molecule has 0 aliphatic carbocycles. The fraction of sp³-hybridized carbons (Fsp3) is 0.857. The van der Waals surface area contributed by atoms with E-state index in [0.29, 0.717) is 0 Å². The first-order valence-corrected chi connectivity index (χ1v) is 4.08. The molecule has 0 saturated carbocycles. The summed E-state index contributed by atoms with van der Waals surface area (Å²) in [6.45, 7) is 0.977. The second kappa shape index (κ2) is 4.18. The van der Waals surface area contributed by atoms with Crippen molar-refractivity contribution in [3.8, 4) is 0 Å². The van der Waals surface area contributed by atoms with E-state index < -0.39 is 6.03 Å². The van der Waals surface area contributed by atoms with Crippen LogP contribution < -0.4 is 16.4 Å². The van der Waals surface area contributed by atoms with Gasteiger partial charge in [-0.25, -0.2) is 4.79 Å². The lowest BCUT2D eigenvalue weighted by Gasteiger charge is -2.15. The molecular weight excluding hydrogens is 142 g/mol. The molecule has 1 heterocycles. The van der Waals surface area contributed by atoms with Crippen LogP contribution in [0.5, 0.6) is 0 Å². The largest absolute Gasteiger partial charge is 0.352 e. The molecule has 64 valence electrons. The van der Waals surface area contributed by atoms with Crippen molar-refractivity contribution in [1.82, 2.24) is 10.6 Å². The van der Waals surface area contributed by atoms with Crippen LogP contribution in [-0.2, 0) is 0 Å². The van der Waals surface area contributed by atoms with Crippen LogP contribution >= 0.6 is 0 Å². The summed E-state index contributed by atoms with van der Waals surface area (Å²) in [4.78, 5) is 10.5. The van der Waals surface area contributed by atoms with Gasteiger partial charge in [-0.15, -0.1) is 0 Å². The highest BCUT2D eigenvalue weighted by atomic mass is 16.2. The number of primary amides is 1. The number of amides is 2. The summed E-state index contributed by atoms with van der Waals surface area (Å²) in [7, 11) is 0. The molecule has 0 radical (unpaired) electrons. The molecular formula is C7H15N3O. The van der Waals surface area contributed by atoms with Gasteiger partial charge in [0.2, 0.25) is 0 Å². The van der Waals surface area contributed by atoms with Crippen LogP contribution in [0.2, 0.25) is 0 Å². The molecule has 0 aromatic carbocycles. The quantitative estimate of drug-likeness (QED) is 0.507. The van der Waals surface area contributed by atoms with E-state index in [2.05, 4.69) is 10.6 Å². The van der Waals surface area contributed by atoms with Gasteiger partial charge < -0.3 is 11.1 Å². The minimum Gasteiger partial charge on any atom is -0.352 e. The van der Waals surface area contributed by atoms with E-state index in [1.54, 1.807) is 0 Å². The normalized spacial score (nSPS) is 25.6. The smallest absolute Gasteiger partial charge is 0.313 e. The molecule has 0 aromatic rings. The number of carbonyl (C=O) groups excluding carboxylic acids is 1. The maximum absolute atomic E-state index is 10.5. The Morgan fingerprint density at radius 3 is 3.00 bits per heavy atom. The Hall–Kier alpha value is -0.770. The number of hydrogen-bond donors (Lipinski definition) is 3. The van der Waals surface area contributed by atoms with E-state index in [1.165, 1.54) is 12.8 Å². The van der Waals surface area contributed by atoms with E-state index in [1.807, 2.05) is 0 Å². The van der Waals surface area contributed by atoms with Crippen molar-refractivity contribution in [2.24, 2.45) is 5.73 Å². The Kier molecular flexibility index (Phi) is 3.16. The van der Waals surface area contributed by atoms with Gasteiger partial charge in [-0.2, -0.15) is 0 Å². The summed E-state index contributed by atoms with van der Waals surface area (Å²) >= 11 is 0. The lowest BCUT2D eigenvalue weighted by Crippen LogP contribution is -2.47. The molecule has 4 nitrogen and oxygen atoms in total. The van der Waals surface area contributed by atoms with Gasteiger partial charge in [0.25, 0.3) is 0 Å². The average Bonchev–Trinajstić information content (AvgIpc) is 2.14. The van der Waals surface area contributed by atoms with Crippen molar-refractivity contribution in [1.29, 1.82) is 0 Å². The monoisotopic (exact) mass is 157 g/mol. The highest BCUT2D eigenvalue weighted by Gasteiger charge is 2.11. The Bertz CT molecular complexity index is 130. The second-order valence-electron chi connectivity index (χ2n) is 2.86. The zero-order valence-corrected chi connectivity index (χ0v) is 6.60. The zero-order chi connectivity index (χ0) is 8.10. The maximum atomic E-state index is 10.5. The summed E-state index contributed by atoms with van der Waals surface area (Å²) < 4.78 is 0. The van der Waals surface area contributed by atoms with Crippen LogP contribution in [0, 0.1) is 0 Å². The first kappa shape index (κ1) is 8.33. The molecule has 1 rings (SSSR count). The molecule has 1 aliphatic heterocycles. The number of carbonyl (C=O) groups is 1. The molecule has 4 heteroatoms. The third-order valence-corrected chi connectivity index (χ3v) is 1.88. The van der Waals surface area contributed by atoms with Gasteiger partial charge in [0.1, 0.15) is 0 Å². The van der Waals surface area contributed by atoms with E-state index in [9.17, 15) is 4.79 Å². The summed E-state index contributed by atoms with van der Waals surface area (Å²) in [5.74, 6) is 0. The van der Waals surface area contributed by atoms with Gasteiger partial charge in [-0.1, -0.05) is 12.8 Å². The van der Waals surface area contributed by atoms with Crippen LogP contribution in [0.25, 0.3) is 0 Å². The van der Waals surface area contributed by atoms with Crippen molar-refractivity contribution >= 4 is 6.03 Å². The van der Waals surface area contributed by atoms with Crippen LogP contribution in [0.3, 0.4) is 0 Å². The van der Waals surface area contributed by atoms with Crippen molar-refractivity contribution < 1.29 is 4.79 Å². The van der Waals surface area contributed by atoms with E-state index in [0.717, 1.165) is 19.4 Å². The fourth-order valence-electron chi connectivity index (χ4n) is 1.32. The average molecular weight is 157 g/mol. The van der Waals surface area contributed by atoms with Crippen LogP contribution in [0.15, 0.2) is 0 Å². The summed E-state index contributed by atoms with van der Waals surface area (Å²) in [5, 5.41) is 5.85. The number of nitrogens with two attached hydrogens (primary N) is 1. The third-order valence-electron chi connectivity index (χ3n) is 1.88. The van der Waals surface area contributed by atoms with Crippen LogP contribution in [0.1, 0.15) is 25.7 Å². The lowest BCUT2D eigenvalue weighted by atomic mass is 10.2. The Balaban J connectivity index is 2.25. The summed E-state index contributed by atoms with van der Waals surface area (Å²) in [5.41, 5.74) is 4.98. The van der Waals surface area contributed by atoms with Gasteiger partial charge in [-0.3, -0.25) is 5.32 Å². The van der Waals surface area contributed by atoms with E-state index in [-0.39, 0.29) is 6.17 Å². The van der Waals surface area contributed by atoms with Crippen LogP contribution in [0.4, 0.5) is 4.79 Å². The molecule has 1 saturated heterocycles. The molecule has 1 atom stereocenters. The SMILES string of the molecule is NC(=O)NC1CCCCCN1. The van der Waals surface area contributed by atoms with E-state index in [4.69, 9.17) is 5.73 Å². The number of hydrogen-bond acceptors (Lipinski definition) is 2. The summed E-state index contributed by atoms with van der Waals surface area (Å²) in [6, 6.07) is -0.440. The standard InChI is InChI=1S/C7H15N3O/c8-7(11)10-6-4-2-1-3-5-9-6/h6,9H,1-5H2,(H3,8,10,11). The molecule has 0 aromatic heterocycles. The number of rotatable bonds is 1. The Morgan fingerprint density at radius 1 is 1.45 bits per heavy atom. The third kappa shape index (κ3) is 3.23. The van der Waals surface area contributed by atoms with Gasteiger partial charge in [0, 0.05) is 0 Å². The van der Waals surface area contributed by atoms with Gasteiger partial charge >= 0.3 is 6.03 Å².